The van der Waals surface area contributed by atoms with Crippen LogP contribution in [-0.2, 0) is 6.42 Å². The molecule has 3 nitrogen and oxygen atoms in total. The molecule has 3 aromatic rings. The number of aromatic nitrogens is 1. The third kappa shape index (κ3) is 3.46. The van der Waals surface area contributed by atoms with Crippen LogP contribution in [0.1, 0.15) is 45.7 Å². The molecular formula is C21H22N2OS. The van der Waals surface area contributed by atoms with Crippen LogP contribution in [0, 0.1) is 6.92 Å². The van der Waals surface area contributed by atoms with E-state index < -0.39 is 0 Å². The summed E-state index contributed by atoms with van der Waals surface area (Å²) >= 11 is 1.81. The van der Waals surface area contributed by atoms with Crippen molar-refractivity contribution in [2.75, 3.05) is 6.61 Å². The summed E-state index contributed by atoms with van der Waals surface area (Å²) in [6.45, 7) is 5.02. The van der Waals surface area contributed by atoms with Crippen molar-refractivity contribution < 1.29 is 4.74 Å². The van der Waals surface area contributed by atoms with Crippen LogP contribution < -0.4 is 10.1 Å². The number of ether oxygens (including phenoxy) is 1. The number of fused-ring (bicyclic) bond motifs is 1. The van der Waals surface area contributed by atoms with E-state index in [0.717, 1.165) is 17.9 Å². The third-order valence-electron chi connectivity index (χ3n) is 4.62. The van der Waals surface area contributed by atoms with Gasteiger partial charge in [-0.25, -0.2) is 4.98 Å². The highest BCUT2D eigenvalue weighted by Gasteiger charge is 2.26. The van der Waals surface area contributed by atoms with E-state index in [1.165, 1.54) is 21.0 Å². The Labute approximate surface area is 152 Å². The quantitative estimate of drug-likeness (QED) is 0.716. The molecule has 4 heteroatoms. The molecule has 1 aromatic heterocycles. The van der Waals surface area contributed by atoms with E-state index in [1.807, 2.05) is 23.5 Å². The van der Waals surface area contributed by atoms with Crippen LogP contribution in [0.4, 0.5) is 0 Å². The molecule has 0 saturated carbocycles. The maximum atomic E-state index is 5.79. The first-order chi connectivity index (χ1) is 12.2. The molecule has 1 N–H and O–H groups in total. The number of nitrogens with zero attached hydrogens (tertiary/aromatic N) is 1. The fraction of sp³-hybridized carbons (Fsp3) is 0.286. The summed E-state index contributed by atoms with van der Waals surface area (Å²) < 4.78 is 5.79. The van der Waals surface area contributed by atoms with Crippen LogP contribution in [-0.4, -0.2) is 11.6 Å². The largest absolute Gasteiger partial charge is 0.491 e. The highest BCUT2D eigenvalue weighted by Crippen LogP contribution is 2.35. The van der Waals surface area contributed by atoms with Crippen LogP contribution in [0.5, 0.6) is 5.75 Å². The van der Waals surface area contributed by atoms with Crippen molar-refractivity contribution in [2.45, 2.75) is 32.4 Å². The molecule has 4 rings (SSSR count). The smallest absolute Gasteiger partial charge is 0.124 e. The molecule has 0 unspecified atom stereocenters. The molecule has 25 heavy (non-hydrogen) atoms. The average Bonchev–Trinajstić information content (AvgIpc) is 3.20. The predicted molar refractivity (Wildman–Crippen MR) is 102 cm³/mol. The molecule has 2 atom stereocenters. The Balaban J connectivity index is 1.48. The summed E-state index contributed by atoms with van der Waals surface area (Å²) in [5.74, 6) is 0.998. The maximum Gasteiger partial charge on any atom is 0.124 e. The Hall–Kier alpha value is -2.17. The van der Waals surface area contributed by atoms with Crippen LogP contribution in [0.15, 0.2) is 54.6 Å². The van der Waals surface area contributed by atoms with Gasteiger partial charge in [0.2, 0.25) is 0 Å². The number of thiazole rings is 1. The lowest BCUT2D eigenvalue weighted by Crippen LogP contribution is -2.25. The summed E-state index contributed by atoms with van der Waals surface area (Å²) in [4.78, 5) is 6.11. The lowest BCUT2D eigenvalue weighted by molar-refractivity contribution is 0.301. The Morgan fingerprint density at radius 1 is 1.16 bits per heavy atom. The van der Waals surface area contributed by atoms with E-state index in [4.69, 9.17) is 9.72 Å². The van der Waals surface area contributed by atoms with Gasteiger partial charge in [0.1, 0.15) is 12.4 Å². The zero-order chi connectivity index (χ0) is 17.2. The van der Waals surface area contributed by atoms with E-state index in [-0.39, 0.29) is 12.1 Å². The lowest BCUT2D eigenvalue weighted by Gasteiger charge is -2.18. The number of aryl methyl sites for hydroxylation is 1. The minimum Gasteiger partial charge on any atom is -0.491 e. The minimum absolute atomic E-state index is 0.241. The Morgan fingerprint density at radius 2 is 1.92 bits per heavy atom. The van der Waals surface area contributed by atoms with Crippen molar-refractivity contribution >= 4 is 11.3 Å². The van der Waals surface area contributed by atoms with E-state index in [0.29, 0.717) is 6.61 Å². The Bertz CT molecular complexity index is 859. The second kappa shape index (κ2) is 6.98. The fourth-order valence-electron chi connectivity index (χ4n) is 3.39. The van der Waals surface area contributed by atoms with Crippen molar-refractivity contribution in [1.29, 1.82) is 0 Å². The first-order valence-corrected chi connectivity index (χ1v) is 9.50. The van der Waals surface area contributed by atoms with Gasteiger partial charge in [0.05, 0.1) is 16.7 Å². The number of benzene rings is 2. The molecule has 2 heterocycles. The van der Waals surface area contributed by atoms with Gasteiger partial charge in [-0.2, -0.15) is 0 Å². The standard InChI is InChI=1S/C21H22N2OS/c1-14(22-18-13-24-19-11-7-6-10-17(18)19)21-15(2)23-20(25-21)12-16-8-4-3-5-9-16/h3-11,14,18,22H,12-13H2,1-2H3/t14-,18+/m1/s1. The summed E-state index contributed by atoms with van der Waals surface area (Å²) in [6.07, 6.45) is 0.897. The molecule has 1 aliphatic rings. The minimum atomic E-state index is 0.241. The second-order valence-electron chi connectivity index (χ2n) is 6.51. The molecule has 2 aromatic carbocycles. The zero-order valence-corrected chi connectivity index (χ0v) is 15.3. The van der Waals surface area contributed by atoms with Gasteiger partial charge >= 0.3 is 0 Å². The van der Waals surface area contributed by atoms with E-state index in [1.54, 1.807) is 0 Å². The van der Waals surface area contributed by atoms with Gasteiger partial charge in [-0.05, 0) is 25.5 Å². The van der Waals surface area contributed by atoms with Gasteiger partial charge in [0.25, 0.3) is 0 Å². The molecule has 0 radical (unpaired) electrons. The monoisotopic (exact) mass is 350 g/mol. The van der Waals surface area contributed by atoms with Crippen LogP contribution in [0.25, 0.3) is 0 Å². The van der Waals surface area contributed by atoms with Gasteiger partial charge in [-0.3, -0.25) is 5.32 Å². The van der Waals surface area contributed by atoms with E-state index >= 15 is 0 Å². The van der Waals surface area contributed by atoms with Crippen LogP contribution in [0.2, 0.25) is 0 Å². The molecule has 1 aliphatic heterocycles. The molecule has 0 amide bonds. The number of hydrogen-bond acceptors (Lipinski definition) is 4. The number of para-hydroxylation sites is 1. The average molecular weight is 350 g/mol. The second-order valence-corrected chi connectivity index (χ2v) is 7.62. The molecule has 0 fully saturated rings. The summed E-state index contributed by atoms with van der Waals surface area (Å²) in [5.41, 5.74) is 3.69. The van der Waals surface area contributed by atoms with E-state index in [9.17, 15) is 0 Å². The van der Waals surface area contributed by atoms with Crippen molar-refractivity contribution in [3.63, 3.8) is 0 Å². The zero-order valence-electron chi connectivity index (χ0n) is 14.5. The van der Waals surface area contributed by atoms with Crippen molar-refractivity contribution in [3.05, 3.63) is 81.3 Å². The normalized spacial score (nSPS) is 17.1. The summed E-state index contributed by atoms with van der Waals surface area (Å²) in [7, 11) is 0. The molecule has 128 valence electrons. The highest BCUT2D eigenvalue weighted by atomic mass is 32.1. The van der Waals surface area contributed by atoms with Gasteiger partial charge < -0.3 is 4.74 Å². The van der Waals surface area contributed by atoms with Crippen molar-refractivity contribution in [2.24, 2.45) is 0 Å². The van der Waals surface area contributed by atoms with Gasteiger partial charge in [-0.1, -0.05) is 48.5 Å². The number of rotatable bonds is 5. The highest BCUT2D eigenvalue weighted by molar-refractivity contribution is 7.11. The first kappa shape index (κ1) is 16.3. The van der Waals surface area contributed by atoms with Crippen molar-refractivity contribution in [1.82, 2.24) is 10.3 Å². The van der Waals surface area contributed by atoms with Crippen molar-refractivity contribution in [3.8, 4) is 5.75 Å². The topological polar surface area (TPSA) is 34.2 Å². The predicted octanol–water partition coefficient (Wildman–Crippen LogP) is 4.83. The first-order valence-electron chi connectivity index (χ1n) is 8.68. The van der Waals surface area contributed by atoms with E-state index in [2.05, 4.69) is 61.6 Å². The summed E-state index contributed by atoms with van der Waals surface area (Å²) in [6, 6.07) is 19.3. The molecule has 0 saturated heterocycles. The molecule has 0 aliphatic carbocycles. The fourth-order valence-corrected chi connectivity index (χ4v) is 4.51. The molecule has 0 spiro atoms. The van der Waals surface area contributed by atoms with Gasteiger partial charge in [0, 0.05) is 22.9 Å². The third-order valence-corrected chi connectivity index (χ3v) is 5.96. The number of nitrogens with one attached hydrogen (secondary N) is 1. The lowest BCUT2D eigenvalue weighted by atomic mass is 10.1. The van der Waals surface area contributed by atoms with Crippen LogP contribution in [0.3, 0.4) is 0 Å². The Kier molecular flexibility index (Phi) is 4.55. The van der Waals surface area contributed by atoms with Gasteiger partial charge in [-0.15, -0.1) is 11.3 Å². The molecular weight excluding hydrogens is 328 g/mol. The maximum absolute atomic E-state index is 5.79. The summed E-state index contributed by atoms with van der Waals surface area (Å²) in [5, 5.41) is 4.89. The van der Waals surface area contributed by atoms with Crippen LogP contribution >= 0.6 is 11.3 Å². The Morgan fingerprint density at radius 3 is 2.76 bits per heavy atom. The SMILES string of the molecule is Cc1nc(Cc2ccccc2)sc1[C@@H](C)N[C@H]1COc2ccccc21. The van der Waals surface area contributed by atoms with Gasteiger partial charge in [0.15, 0.2) is 0 Å². The molecule has 0 bridgehead atoms. The number of hydrogen-bond donors (Lipinski definition) is 1.